The number of phosphoric ester groups is 1. The van der Waals surface area contributed by atoms with Crippen molar-refractivity contribution in [3.8, 4) is 0 Å². The number of aliphatic hydroxyl groups is 1. The maximum absolute atomic E-state index is 12.7. The van der Waals surface area contributed by atoms with Crippen LogP contribution in [0.4, 0.5) is 0 Å². The Morgan fingerprint density at radius 1 is 0.644 bits per heavy atom. The number of ether oxygens (including phenoxy) is 2. The quantitative estimate of drug-likeness (QED) is 0.0160. The molecule has 10 nitrogen and oxygen atoms in total. The standard InChI is InChI=1S/C48H84NO9P/c1-6-8-10-11-12-13-14-15-16-17-18-19-23-26-29-32-35-39-47(51)55-43-46(44-57-59(53,54)56-42-41-49(3,4)5)58-48(52)40-36-33-30-27-24-21-20-22-25-28-31-34-38-45(50)37-9-7-2/h9,15-16,20-21,25,27-28,30-31,34,37,45-46,50H,6-8,10-14,17-19,22-24,26,29,32-33,35-36,38-44H2,1-5H3/b16-15-,21-20-,28-25-,30-27-,34-31+,37-9-/t45?,46-/m1/s1. The lowest BCUT2D eigenvalue weighted by Gasteiger charge is -2.28. The number of nitrogens with zero attached hydrogens (tertiary/aromatic N) is 1. The largest absolute Gasteiger partial charge is 0.756 e. The molecule has 0 aromatic heterocycles. The third-order valence-electron chi connectivity index (χ3n) is 9.29. The molecule has 0 fully saturated rings. The predicted molar refractivity (Wildman–Crippen MR) is 242 cm³/mol. The molecule has 0 heterocycles. The van der Waals surface area contributed by atoms with E-state index in [9.17, 15) is 24.2 Å². The minimum absolute atomic E-state index is 0.0531. The number of hydrogen-bond acceptors (Lipinski definition) is 9. The van der Waals surface area contributed by atoms with Crippen LogP contribution < -0.4 is 4.89 Å². The van der Waals surface area contributed by atoms with Gasteiger partial charge in [0.05, 0.1) is 33.9 Å². The van der Waals surface area contributed by atoms with Crippen molar-refractivity contribution >= 4 is 19.8 Å². The van der Waals surface area contributed by atoms with E-state index in [-0.39, 0.29) is 26.1 Å². The van der Waals surface area contributed by atoms with Crippen LogP contribution in [-0.4, -0.2) is 81.2 Å². The molecule has 0 aromatic carbocycles. The van der Waals surface area contributed by atoms with Gasteiger partial charge in [-0.25, -0.2) is 0 Å². The van der Waals surface area contributed by atoms with Gasteiger partial charge in [0.25, 0.3) is 7.82 Å². The first-order valence-corrected chi connectivity index (χ1v) is 24.2. The van der Waals surface area contributed by atoms with Crippen LogP contribution in [0.3, 0.4) is 0 Å². The summed E-state index contributed by atoms with van der Waals surface area (Å²) in [5.74, 6) is -0.936. The van der Waals surface area contributed by atoms with E-state index >= 15 is 0 Å². The zero-order chi connectivity index (χ0) is 43.7. The Bertz CT molecular complexity index is 1250. The second-order valence-electron chi connectivity index (χ2n) is 16.2. The van der Waals surface area contributed by atoms with E-state index in [1.165, 1.54) is 64.2 Å². The highest BCUT2D eigenvalue weighted by molar-refractivity contribution is 7.45. The van der Waals surface area contributed by atoms with Crippen LogP contribution in [-0.2, 0) is 32.7 Å². The van der Waals surface area contributed by atoms with Crippen molar-refractivity contribution in [2.45, 2.75) is 174 Å². The highest BCUT2D eigenvalue weighted by Gasteiger charge is 2.21. The first kappa shape index (κ1) is 56.4. The molecular formula is C48H84NO9P. The minimum atomic E-state index is -4.66. The smallest absolute Gasteiger partial charge is 0.306 e. The van der Waals surface area contributed by atoms with Gasteiger partial charge in [-0.05, 0) is 70.6 Å². The number of unbranched alkanes of at least 4 members (excludes halogenated alkanes) is 14. The fraction of sp³-hybridized carbons (Fsp3) is 0.708. The van der Waals surface area contributed by atoms with E-state index in [0.29, 0.717) is 36.7 Å². The number of carbonyl (C=O) groups excluding carboxylic acids is 2. The van der Waals surface area contributed by atoms with Gasteiger partial charge in [0, 0.05) is 12.8 Å². The van der Waals surface area contributed by atoms with Gasteiger partial charge >= 0.3 is 11.9 Å². The molecule has 11 heteroatoms. The summed E-state index contributed by atoms with van der Waals surface area (Å²) in [6.07, 6.45) is 45.6. The van der Waals surface area contributed by atoms with Gasteiger partial charge in [-0.3, -0.25) is 14.2 Å². The summed E-state index contributed by atoms with van der Waals surface area (Å²) in [5.41, 5.74) is 0. The van der Waals surface area contributed by atoms with Crippen LogP contribution >= 0.6 is 7.82 Å². The summed E-state index contributed by atoms with van der Waals surface area (Å²) in [4.78, 5) is 37.6. The first-order chi connectivity index (χ1) is 28.4. The van der Waals surface area contributed by atoms with Gasteiger partial charge in [0.1, 0.15) is 19.8 Å². The van der Waals surface area contributed by atoms with Crippen molar-refractivity contribution in [3.05, 3.63) is 72.9 Å². The topological polar surface area (TPSA) is 131 Å². The number of carbonyl (C=O) groups is 2. The summed E-state index contributed by atoms with van der Waals surface area (Å²) >= 11 is 0. The summed E-state index contributed by atoms with van der Waals surface area (Å²) in [7, 11) is 1.09. The summed E-state index contributed by atoms with van der Waals surface area (Å²) in [6.45, 7) is 3.89. The Morgan fingerprint density at radius 2 is 1.19 bits per heavy atom. The number of aliphatic hydroxyl groups excluding tert-OH is 1. The highest BCUT2D eigenvalue weighted by atomic mass is 31.2. The van der Waals surface area contributed by atoms with Crippen molar-refractivity contribution in [3.63, 3.8) is 0 Å². The van der Waals surface area contributed by atoms with Gasteiger partial charge in [-0.2, -0.15) is 0 Å². The zero-order valence-electron chi connectivity index (χ0n) is 37.8. The van der Waals surface area contributed by atoms with Gasteiger partial charge in [0.15, 0.2) is 6.10 Å². The molecule has 0 amide bonds. The minimum Gasteiger partial charge on any atom is -0.756 e. The Morgan fingerprint density at radius 3 is 1.83 bits per heavy atom. The molecule has 0 radical (unpaired) electrons. The molecule has 0 rings (SSSR count). The van der Waals surface area contributed by atoms with E-state index in [1.807, 2.05) is 76.7 Å². The molecule has 0 aliphatic rings. The number of allylic oxidation sites excluding steroid dienone is 10. The fourth-order valence-corrected chi connectivity index (χ4v) is 6.43. The summed E-state index contributed by atoms with van der Waals surface area (Å²) in [5, 5.41) is 9.78. The Labute approximate surface area is 360 Å². The number of phosphoric acid groups is 1. The average molecular weight is 850 g/mol. The van der Waals surface area contributed by atoms with E-state index in [0.717, 1.165) is 44.9 Å². The lowest BCUT2D eigenvalue weighted by atomic mass is 10.1. The Hall–Kier alpha value is -2.59. The zero-order valence-corrected chi connectivity index (χ0v) is 38.7. The van der Waals surface area contributed by atoms with Crippen LogP contribution in [0.5, 0.6) is 0 Å². The van der Waals surface area contributed by atoms with Crippen LogP contribution in [0.1, 0.15) is 162 Å². The number of esters is 2. The van der Waals surface area contributed by atoms with Crippen LogP contribution in [0.25, 0.3) is 0 Å². The van der Waals surface area contributed by atoms with Crippen molar-refractivity contribution in [1.82, 2.24) is 0 Å². The van der Waals surface area contributed by atoms with E-state index in [4.69, 9.17) is 18.5 Å². The molecule has 0 aliphatic carbocycles. The molecule has 0 spiro atoms. The van der Waals surface area contributed by atoms with E-state index < -0.39 is 38.6 Å². The monoisotopic (exact) mass is 850 g/mol. The number of quaternary nitrogens is 1. The molecule has 59 heavy (non-hydrogen) atoms. The Kier molecular flexibility index (Phi) is 37.8. The molecule has 0 saturated carbocycles. The lowest BCUT2D eigenvalue weighted by molar-refractivity contribution is -0.870. The molecule has 0 bridgehead atoms. The van der Waals surface area contributed by atoms with Gasteiger partial charge < -0.3 is 33.0 Å². The second-order valence-corrected chi connectivity index (χ2v) is 17.6. The molecule has 1 N–H and O–H groups in total. The van der Waals surface area contributed by atoms with Crippen molar-refractivity contribution in [2.24, 2.45) is 0 Å². The molecule has 2 unspecified atom stereocenters. The second kappa shape index (κ2) is 39.5. The summed E-state index contributed by atoms with van der Waals surface area (Å²) in [6, 6.07) is 0. The lowest BCUT2D eigenvalue weighted by Crippen LogP contribution is -2.37. The molecule has 3 atom stereocenters. The first-order valence-electron chi connectivity index (χ1n) is 22.8. The average Bonchev–Trinajstić information content (AvgIpc) is 3.18. The maximum Gasteiger partial charge on any atom is 0.306 e. The Balaban J connectivity index is 4.48. The molecule has 0 aliphatic heterocycles. The third kappa shape index (κ3) is 43.3. The molecule has 0 aromatic rings. The SMILES string of the molecule is CC/C=C\C(O)C/C=C/C=C\C/C=C\C/C=C\CCCC(=O)O[C@H](COC(=O)CCCCCCCCC/C=C\CCCCCCCC)COP(=O)([O-])OCC[N+](C)(C)C. The normalized spacial score (nSPS) is 14.8. The van der Waals surface area contributed by atoms with Crippen LogP contribution in [0.15, 0.2) is 72.9 Å². The van der Waals surface area contributed by atoms with Gasteiger partial charge in [0.2, 0.25) is 0 Å². The molecule has 340 valence electrons. The fourth-order valence-electron chi connectivity index (χ4n) is 5.70. The summed E-state index contributed by atoms with van der Waals surface area (Å²) < 4.78 is 33.8. The van der Waals surface area contributed by atoms with Crippen LogP contribution in [0, 0.1) is 0 Å². The molecular weight excluding hydrogens is 766 g/mol. The van der Waals surface area contributed by atoms with Gasteiger partial charge in [-0.15, -0.1) is 0 Å². The number of hydrogen-bond donors (Lipinski definition) is 1. The van der Waals surface area contributed by atoms with Crippen molar-refractivity contribution in [2.75, 3.05) is 47.5 Å². The number of rotatable bonds is 40. The van der Waals surface area contributed by atoms with Crippen molar-refractivity contribution < 1.29 is 47.2 Å². The molecule has 0 saturated heterocycles. The van der Waals surface area contributed by atoms with Crippen LogP contribution in [0.2, 0.25) is 0 Å². The predicted octanol–water partition coefficient (Wildman–Crippen LogP) is 11.4. The number of likely N-dealkylation sites (N-methyl/N-ethyl adjacent to an activating group) is 1. The van der Waals surface area contributed by atoms with Crippen molar-refractivity contribution in [1.29, 1.82) is 0 Å². The highest BCUT2D eigenvalue weighted by Crippen LogP contribution is 2.38. The van der Waals surface area contributed by atoms with E-state index in [1.54, 1.807) is 0 Å². The van der Waals surface area contributed by atoms with Gasteiger partial charge in [-0.1, -0.05) is 151 Å². The van der Waals surface area contributed by atoms with E-state index in [2.05, 4.69) is 31.2 Å². The third-order valence-corrected chi connectivity index (χ3v) is 10.2. The maximum atomic E-state index is 12.7.